The Hall–Kier alpha value is -1.20. The van der Waals surface area contributed by atoms with Crippen molar-refractivity contribution in [2.75, 3.05) is 51.0 Å². The van der Waals surface area contributed by atoms with E-state index in [4.69, 9.17) is 28.1 Å². The van der Waals surface area contributed by atoms with Crippen LogP contribution < -0.4 is 4.90 Å². The molecule has 25 heavy (non-hydrogen) atoms. The number of anilines is 2. The van der Waals surface area contributed by atoms with Crippen molar-refractivity contribution in [1.29, 1.82) is 0 Å². The highest BCUT2D eigenvalue weighted by atomic mass is 35.5. The molecule has 2 aliphatic rings. The Kier molecular flexibility index (Phi) is 2.49. The lowest BCUT2D eigenvalue weighted by Gasteiger charge is -2.35. The van der Waals surface area contributed by atoms with E-state index >= 15 is 0 Å². The van der Waals surface area contributed by atoms with Crippen LogP contribution in [-0.2, 0) is 0 Å². The second kappa shape index (κ2) is 7.58. The van der Waals surface area contributed by atoms with Crippen molar-refractivity contribution in [2.45, 2.75) is 16.2 Å². The van der Waals surface area contributed by atoms with E-state index in [1.54, 1.807) is 23.1 Å². The van der Waals surface area contributed by atoms with Crippen LogP contribution in [0.15, 0.2) is 52.2 Å². The number of fused-ring (bicyclic) bond motifs is 2. The molecule has 0 amide bonds. The van der Waals surface area contributed by atoms with Crippen LogP contribution >= 0.6 is 23.4 Å². The third-order valence-electron chi connectivity index (χ3n) is 3.80. The first-order valence-corrected chi connectivity index (χ1v) is 8.95. The fourth-order valence-electron chi connectivity index (χ4n) is 2.63. The second-order valence-electron chi connectivity index (χ2n) is 5.55. The van der Waals surface area contributed by atoms with Crippen LogP contribution in [0.2, 0.25) is 5.02 Å². The van der Waals surface area contributed by atoms with Gasteiger partial charge < -0.3 is 14.7 Å². The zero-order valence-corrected chi connectivity index (χ0v) is 15.1. The van der Waals surface area contributed by atoms with Gasteiger partial charge in [-0.25, -0.2) is 0 Å². The van der Waals surface area contributed by atoms with Gasteiger partial charge >= 0.3 is 0 Å². The van der Waals surface area contributed by atoms with Gasteiger partial charge in [-0.05, 0) is 50.3 Å². The molecule has 2 aromatic rings. The fraction of sp³-hybridized carbons (Fsp3) is 0.400. The molecule has 0 bridgehead atoms. The number of benzene rings is 2. The Bertz CT molecular complexity index is 1230. The smallest absolute Gasteiger partial charge is 0.0645 e. The second-order valence-corrected chi connectivity index (χ2v) is 7.04. The Morgan fingerprint density at radius 2 is 1.88 bits per heavy atom. The van der Waals surface area contributed by atoms with E-state index in [1.165, 1.54) is 11.8 Å². The predicted molar refractivity (Wildman–Crippen MR) is 108 cm³/mol. The number of hydrogen-bond donors (Lipinski definition) is 0. The summed E-state index contributed by atoms with van der Waals surface area (Å²) in [5, 5.41) is 0.391. The predicted octanol–water partition coefficient (Wildman–Crippen LogP) is 4.58. The molecule has 0 spiro atoms. The molecule has 0 atom stereocenters. The van der Waals surface area contributed by atoms with Crippen LogP contribution in [-0.4, -0.2) is 55.9 Å². The van der Waals surface area contributed by atoms with Gasteiger partial charge in [0.15, 0.2) is 0 Å². The van der Waals surface area contributed by atoms with Gasteiger partial charge in [0.2, 0.25) is 0 Å². The van der Waals surface area contributed by atoms with Crippen molar-refractivity contribution in [1.82, 2.24) is 9.80 Å². The summed E-state index contributed by atoms with van der Waals surface area (Å²) in [5.74, 6) is 0. The number of likely N-dealkylation sites (N-methyl/N-ethyl adjacent to an activating group) is 1. The highest BCUT2D eigenvalue weighted by Crippen LogP contribution is 2.48. The van der Waals surface area contributed by atoms with Crippen molar-refractivity contribution in [3.8, 4) is 0 Å². The third kappa shape index (κ3) is 3.82. The maximum Gasteiger partial charge on any atom is 0.0645 e. The summed E-state index contributed by atoms with van der Waals surface area (Å²) in [6.07, 6.45) is 0.00763. The monoisotopic (exact) mass is 385 g/mol. The Morgan fingerprint density at radius 1 is 1.08 bits per heavy atom. The van der Waals surface area contributed by atoms with Crippen molar-refractivity contribution in [2.24, 2.45) is 0 Å². The lowest BCUT2D eigenvalue weighted by atomic mass is 10.2. The lowest BCUT2D eigenvalue weighted by Crippen LogP contribution is -2.45. The molecule has 0 aromatic heterocycles. The molecular formula is C20H24ClN3S. The minimum atomic E-state index is -2.89. The van der Waals surface area contributed by atoms with Crippen molar-refractivity contribution in [3.05, 3.63) is 47.4 Å². The molecule has 1 fully saturated rings. The largest absolute Gasteiger partial charge is 0.340 e. The first kappa shape index (κ1) is 8.22. The standard InChI is InChI=1S/C20H24ClN3S/c1-22-11-13-23(14-12-22)9-4-10-24-17-5-2-3-6-19(17)25-20-8-7-16(21)15-18(20)24/h2-3,5-8,15H,4,9-14H2,1H3/i2D,3D,5D,6D,11D2,12D2,13D2,14D2. The van der Waals surface area contributed by atoms with Gasteiger partial charge in [-0.15, -0.1) is 0 Å². The quantitative estimate of drug-likeness (QED) is 0.761. The number of halogens is 1. The summed E-state index contributed by atoms with van der Waals surface area (Å²) < 4.78 is 99.4. The Balaban J connectivity index is 1.73. The highest BCUT2D eigenvalue weighted by Gasteiger charge is 2.23. The van der Waals surface area contributed by atoms with Crippen LogP contribution in [0.5, 0.6) is 0 Å². The first-order valence-electron chi connectivity index (χ1n) is 13.8. The normalized spacial score (nSPS) is 33.1. The van der Waals surface area contributed by atoms with Crippen LogP contribution in [0, 0.1) is 0 Å². The molecule has 0 unspecified atom stereocenters. The molecule has 3 nitrogen and oxygen atoms in total. The van der Waals surface area contributed by atoms with Gasteiger partial charge in [-0.1, -0.05) is 35.4 Å². The molecule has 1 saturated heterocycles. The summed E-state index contributed by atoms with van der Waals surface area (Å²) in [4.78, 5) is 3.59. The molecule has 2 heterocycles. The van der Waals surface area contributed by atoms with E-state index in [-0.39, 0.29) is 43.3 Å². The minimum absolute atomic E-state index is 0.00763. The number of para-hydroxylation sites is 1. The Morgan fingerprint density at radius 3 is 2.72 bits per heavy atom. The number of hydrogen-bond acceptors (Lipinski definition) is 4. The lowest BCUT2D eigenvalue weighted by molar-refractivity contribution is 0.153. The number of nitrogens with zero attached hydrogens (tertiary/aromatic N) is 3. The van der Waals surface area contributed by atoms with E-state index < -0.39 is 32.0 Å². The highest BCUT2D eigenvalue weighted by molar-refractivity contribution is 7.99. The summed E-state index contributed by atoms with van der Waals surface area (Å²) in [7, 11) is 1.00. The SMILES string of the molecule is [2H]c1c([2H])c([2H])c2c(c1[2H])Sc1ccc(Cl)cc1N2CCCN1C([2H])([2H])C([2H])([2H])N(C)C([2H])([2H])C1([2H])[2H]. The van der Waals surface area contributed by atoms with Gasteiger partial charge in [0.25, 0.3) is 0 Å². The van der Waals surface area contributed by atoms with E-state index in [0.29, 0.717) is 30.3 Å². The zero-order valence-electron chi connectivity index (χ0n) is 25.5. The summed E-state index contributed by atoms with van der Waals surface area (Å²) in [6, 6.07) is 3.73. The van der Waals surface area contributed by atoms with Gasteiger partial charge in [0.05, 0.1) is 16.9 Å². The van der Waals surface area contributed by atoms with Gasteiger partial charge in [-0.2, -0.15) is 0 Å². The van der Waals surface area contributed by atoms with Crippen LogP contribution in [0.3, 0.4) is 0 Å². The average Bonchev–Trinajstić information content (AvgIpc) is 2.81. The first-order chi connectivity index (χ1) is 16.9. The summed E-state index contributed by atoms with van der Waals surface area (Å²) >= 11 is 7.39. The molecular weight excluding hydrogens is 350 g/mol. The summed E-state index contributed by atoms with van der Waals surface area (Å²) in [6.45, 7) is -11.8. The van der Waals surface area contributed by atoms with Crippen molar-refractivity contribution < 1.29 is 16.4 Å². The molecule has 0 N–H and O–H groups in total. The Labute approximate surface area is 176 Å². The average molecular weight is 386 g/mol. The van der Waals surface area contributed by atoms with E-state index in [0.717, 1.165) is 7.05 Å². The van der Waals surface area contributed by atoms with Crippen LogP contribution in [0.4, 0.5) is 11.4 Å². The van der Waals surface area contributed by atoms with Crippen LogP contribution in [0.25, 0.3) is 0 Å². The van der Waals surface area contributed by atoms with E-state index in [1.807, 2.05) is 0 Å². The molecule has 0 aliphatic carbocycles. The number of rotatable bonds is 4. The minimum Gasteiger partial charge on any atom is -0.340 e. The molecule has 2 aromatic carbocycles. The third-order valence-corrected chi connectivity index (χ3v) is 5.10. The van der Waals surface area contributed by atoms with E-state index in [9.17, 15) is 0 Å². The van der Waals surface area contributed by atoms with Crippen LogP contribution in [0.1, 0.15) is 22.9 Å². The van der Waals surface area contributed by atoms with Gasteiger partial charge in [-0.3, -0.25) is 0 Å². The molecule has 132 valence electrons. The van der Waals surface area contributed by atoms with Gasteiger partial charge in [0.1, 0.15) is 0 Å². The zero-order chi connectivity index (χ0) is 27.9. The van der Waals surface area contributed by atoms with Crippen molar-refractivity contribution in [3.63, 3.8) is 0 Å². The fourth-order valence-corrected chi connectivity index (χ4v) is 3.79. The molecule has 5 heteroatoms. The maximum absolute atomic E-state index is 8.51. The van der Waals surface area contributed by atoms with E-state index in [2.05, 4.69) is 0 Å². The summed E-state index contributed by atoms with van der Waals surface area (Å²) in [5.41, 5.74) is 0.769. The molecule has 2 aliphatic heterocycles. The molecule has 4 rings (SSSR count). The topological polar surface area (TPSA) is 9.72 Å². The number of piperazine rings is 1. The molecule has 0 radical (unpaired) electrons. The maximum atomic E-state index is 8.51. The van der Waals surface area contributed by atoms with Crippen molar-refractivity contribution >= 4 is 34.7 Å². The molecule has 0 saturated carbocycles. The van der Waals surface area contributed by atoms with Gasteiger partial charge in [0, 0.05) is 58.3 Å².